The van der Waals surface area contributed by atoms with E-state index in [1.807, 2.05) is 55.6 Å². The van der Waals surface area contributed by atoms with Crippen molar-refractivity contribution < 1.29 is 9.21 Å². The van der Waals surface area contributed by atoms with Crippen molar-refractivity contribution in [1.82, 2.24) is 5.01 Å². The van der Waals surface area contributed by atoms with Crippen LogP contribution in [0.5, 0.6) is 0 Å². The van der Waals surface area contributed by atoms with E-state index < -0.39 is 0 Å². The molecule has 1 N–H and O–H groups in total. The minimum Gasteiger partial charge on any atom is -0.463 e. The lowest BCUT2D eigenvalue weighted by Gasteiger charge is -2.21. The van der Waals surface area contributed by atoms with E-state index in [1.54, 1.807) is 22.6 Å². The number of para-hydroxylation sites is 1. The summed E-state index contributed by atoms with van der Waals surface area (Å²) in [7, 11) is 0. The van der Waals surface area contributed by atoms with E-state index in [4.69, 9.17) is 4.42 Å². The Morgan fingerprint density at radius 1 is 1.22 bits per heavy atom. The second-order valence-corrected chi connectivity index (χ2v) is 7.60. The molecule has 0 saturated carbocycles. The lowest BCUT2D eigenvalue weighted by atomic mass is 10.1. The lowest BCUT2D eigenvalue weighted by molar-refractivity contribution is -0.131. The number of hydrogen-bond donors (Lipinski definition) is 1. The van der Waals surface area contributed by atoms with Crippen molar-refractivity contribution in [2.75, 3.05) is 11.9 Å². The molecule has 27 heavy (non-hydrogen) atoms. The third-order valence-electron chi connectivity index (χ3n) is 4.74. The first-order valence-corrected chi connectivity index (χ1v) is 9.78. The molecule has 3 aromatic rings. The molecular formula is C21H21N3O2S. The Kier molecular flexibility index (Phi) is 4.81. The number of anilines is 1. The second kappa shape index (κ2) is 7.40. The Balaban J connectivity index is 1.55. The number of rotatable bonds is 5. The highest BCUT2D eigenvalue weighted by molar-refractivity contribution is 7.10. The summed E-state index contributed by atoms with van der Waals surface area (Å²) in [6, 6.07) is 13.8. The minimum absolute atomic E-state index is 0.0578. The summed E-state index contributed by atoms with van der Waals surface area (Å²) in [4.78, 5) is 14.1. The standard InChI is InChI=1S/C21H21N3O2S/c1-14-6-3-7-15(2)21(14)22-13-20(25)24-17(19-9-5-11-27-19)12-16(23-24)18-8-4-10-26-18/h3-11,17,22H,12-13H2,1-2H3/t17-/m1/s1. The number of nitrogens with zero attached hydrogens (tertiary/aromatic N) is 2. The van der Waals surface area contributed by atoms with Crippen molar-refractivity contribution in [2.45, 2.75) is 26.3 Å². The largest absolute Gasteiger partial charge is 0.463 e. The van der Waals surface area contributed by atoms with Gasteiger partial charge in [-0.3, -0.25) is 4.79 Å². The molecule has 0 aliphatic carbocycles. The third kappa shape index (κ3) is 3.53. The molecule has 2 aromatic heterocycles. The lowest BCUT2D eigenvalue weighted by Crippen LogP contribution is -2.32. The first kappa shape index (κ1) is 17.5. The van der Waals surface area contributed by atoms with E-state index in [0.717, 1.165) is 33.2 Å². The van der Waals surface area contributed by atoms with Crippen molar-refractivity contribution in [1.29, 1.82) is 0 Å². The van der Waals surface area contributed by atoms with Crippen molar-refractivity contribution in [3.63, 3.8) is 0 Å². The van der Waals surface area contributed by atoms with Crippen LogP contribution in [0, 0.1) is 13.8 Å². The van der Waals surface area contributed by atoms with Crippen LogP contribution >= 0.6 is 11.3 Å². The van der Waals surface area contributed by atoms with Crippen LogP contribution in [0.1, 0.15) is 34.2 Å². The molecule has 1 aliphatic rings. The molecule has 1 atom stereocenters. The Hall–Kier alpha value is -2.86. The highest BCUT2D eigenvalue weighted by Gasteiger charge is 2.34. The number of nitrogens with one attached hydrogen (secondary N) is 1. The van der Waals surface area contributed by atoms with E-state index in [-0.39, 0.29) is 18.5 Å². The van der Waals surface area contributed by atoms with Gasteiger partial charge < -0.3 is 9.73 Å². The van der Waals surface area contributed by atoms with Crippen molar-refractivity contribution in [2.24, 2.45) is 5.10 Å². The number of carbonyl (C=O) groups excluding carboxylic acids is 1. The van der Waals surface area contributed by atoms with E-state index >= 15 is 0 Å². The maximum Gasteiger partial charge on any atom is 0.262 e. The van der Waals surface area contributed by atoms with Crippen molar-refractivity contribution in [3.05, 3.63) is 75.9 Å². The summed E-state index contributed by atoms with van der Waals surface area (Å²) >= 11 is 1.64. The molecule has 1 aliphatic heterocycles. The quantitative estimate of drug-likeness (QED) is 0.696. The van der Waals surface area contributed by atoms with Gasteiger partial charge in [-0.1, -0.05) is 24.3 Å². The molecule has 4 rings (SSSR count). The van der Waals surface area contributed by atoms with Gasteiger partial charge in [0.15, 0.2) is 0 Å². The fourth-order valence-electron chi connectivity index (χ4n) is 3.37. The number of furan rings is 1. The zero-order valence-electron chi connectivity index (χ0n) is 15.3. The van der Waals surface area contributed by atoms with Gasteiger partial charge in [-0.2, -0.15) is 5.10 Å². The van der Waals surface area contributed by atoms with Gasteiger partial charge in [-0.25, -0.2) is 5.01 Å². The highest BCUT2D eigenvalue weighted by Crippen LogP contribution is 2.35. The number of amides is 1. The normalized spacial score (nSPS) is 16.4. The summed E-state index contributed by atoms with van der Waals surface area (Å²) in [5, 5.41) is 11.5. The molecule has 0 unspecified atom stereocenters. The van der Waals surface area contributed by atoms with Gasteiger partial charge in [0.1, 0.15) is 11.5 Å². The average Bonchev–Trinajstić information content (AvgIpc) is 3.40. The van der Waals surface area contributed by atoms with Crippen LogP contribution in [0.2, 0.25) is 0 Å². The topological polar surface area (TPSA) is 57.8 Å². The number of aryl methyl sites for hydroxylation is 2. The van der Waals surface area contributed by atoms with Gasteiger partial charge >= 0.3 is 0 Å². The fourth-order valence-corrected chi connectivity index (χ4v) is 4.18. The summed E-state index contributed by atoms with van der Waals surface area (Å²) in [5.74, 6) is 0.659. The molecular weight excluding hydrogens is 358 g/mol. The summed E-state index contributed by atoms with van der Waals surface area (Å²) in [5.41, 5.74) is 4.06. The maximum atomic E-state index is 13.0. The number of hydrazone groups is 1. The predicted octanol–water partition coefficient (Wildman–Crippen LogP) is 4.75. The summed E-state index contributed by atoms with van der Waals surface area (Å²) < 4.78 is 5.49. The molecule has 1 amide bonds. The Morgan fingerprint density at radius 2 is 2.04 bits per heavy atom. The van der Waals surface area contributed by atoms with Gasteiger partial charge in [0, 0.05) is 17.0 Å². The predicted molar refractivity (Wildman–Crippen MR) is 108 cm³/mol. The Morgan fingerprint density at radius 3 is 2.70 bits per heavy atom. The monoisotopic (exact) mass is 379 g/mol. The molecule has 5 nitrogen and oxygen atoms in total. The zero-order chi connectivity index (χ0) is 18.8. The summed E-state index contributed by atoms with van der Waals surface area (Å²) in [6.45, 7) is 4.27. The number of hydrogen-bond acceptors (Lipinski definition) is 5. The molecule has 0 bridgehead atoms. The molecule has 0 saturated heterocycles. The zero-order valence-corrected chi connectivity index (χ0v) is 16.1. The van der Waals surface area contributed by atoms with Crippen molar-refractivity contribution >= 4 is 28.6 Å². The molecule has 138 valence electrons. The number of benzene rings is 1. The van der Waals surface area contributed by atoms with Crippen LogP contribution in [0.25, 0.3) is 0 Å². The fraction of sp³-hybridized carbons (Fsp3) is 0.238. The minimum atomic E-state index is -0.0858. The van der Waals surface area contributed by atoms with Crippen LogP contribution in [-0.4, -0.2) is 23.2 Å². The molecule has 0 fully saturated rings. The average molecular weight is 379 g/mol. The van der Waals surface area contributed by atoms with Crippen molar-refractivity contribution in [3.8, 4) is 0 Å². The van der Waals surface area contributed by atoms with Gasteiger partial charge in [-0.15, -0.1) is 11.3 Å². The second-order valence-electron chi connectivity index (χ2n) is 6.62. The van der Waals surface area contributed by atoms with Gasteiger partial charge in [0.2, 0.25) is 0 Å². The maximum absolute atomic E-state index is 13.0. The van der Waals surface area contributed by atoms with E-state index in [9.17, 15) is 4.79 Å². The van der Waals surface area contributed by atoms with Gasteiger partial charge in [0.25, 0.3) is 5.91 Å². The SMILES string of the molecule is Cc1cccc(C)c1NCC(=O)N1N=C(c2ccco2)C[C@@H]1c1cccs1. The van der Waals surface area contributed by atoms with Gasteiger partial charge in [-0.05, 0) is 48.6 Å². The molecule has 0 spiro atoms. The van der Waals surface area contributed by atoms with Crippen LogP contribution in [0.4, 0.5) is 5.69 Å². The molecule has 3 heterocycles. The summed E-state index contributed by atoms with van der Waals surface area (Å²) in [6.07, 6.45) is 2.29. The van der Waals surface area contributed by atoms with E-state index in [0.29, 0.717) is 6.42 Å². The smallest absolute Gasteiger partial charge is 0.262 e. The van der Waals surface area contributed by atoms with Crippen LogP contribution in [-0.2, 0) is 4.79 Å². The number of thiophene rings is 1. The molecule has 1 aromatic carbocycles. The van der Waals surface area contributed by atoms with Gasteiger partial charge in [0.05, 0.1) is 18.8 Å². The third-order valence-corrected chi connectivity index (χ3v) is 5.71. The first-order chi connectivity index (χ1) is 13.1. The Labute approximate surface area is 162 Å². The van der Waals surface area contributed by atoms with E-state index in [2.05, 4.69) is 16.5 Å². The van der Waals surface area contributed by atoms with Crippen LogP contribution in [0.15, 0.2) is 63.6 Å². The highest BCUT2D eigenvalue weighted by atomic mass is 32.1. The van der Waals surface area contributed by atoms with Crippen LogP contribution < -0.4 is 5.32 Å². The van der Waals surface area contributed by atoms with E-state index in [1.165, 1.54) is 0 Å². The number of carbonyl (C=O) groups is 1. The molecule has 6 heteroatoms. The van der Waals surface area contributed by atoms with Crippen LogP contribution in [0.3, 0.4) is 0 Å². The molecule has 0 radical (unpaired) electrons. The Bertz CT molecular complexity index is 941. The first-order valence-electron chi connectivity index (χ1n) is 8.90.